The van der Waals surface area contributed by atoms with Crippen LogP contribution in [-0.2, 0) is 20.3 Å². The van der Waals surface area contributed by atoms with Gasteiger partial charge in [-0.25, -0.2) is 27.4 Å². The predicted octanol–water partition coefficient (Wildman–Crippen LogP) is 2.69. The minimum atomic E-state index is -3.45. The maximum Gasteiger partial charge on any atom is 0.272 e. The van der Waals surface area contributed by atoms with E-state index in [1.165, 1.54) is 46.9 Å². The number of rotatable bonds is 11. The zero-order chi connectivity index (χ0) is 27.5. The minimum Gasteiger partial charge on any atom is -0.375 e. The number of anilines is 2. The lowest BCUT2D eigenvalue weighted by atomic mass is 9.99. The molecule has 1 unspecified atom stereocenters. The van der Waals surface area contributed by atoms with Crippen LogP contribution >= 0.6 is 11.3 Å². The summed E-state index contributed by atoms with van der Waals surface area (Å²) in [5, 5.41) is 23.0. The maximum absolute atomic E-state index is 12.4. The number of sulfonamides is 1. The van der Waals surface area contributed by atoms with Gasteiger partial charge in [0.1, 0.15) is 6.61 Å². The van der Waals surface area contributed by atoms with Crippen LogP contribution in [0.25, 0.3) is 21.5 Å². The van der Waals surface area contributed by atoms with Gasteiger partial charge >= 0.3 is 0 Å². The Kier molecular flexibility index (Phi) is 7.88. The average molecular weight is 558 g/mol. The number of thiophene rings is 1. The van der Waals surface area contributed by atoms with Crippen LogP contribution in [0, 0.1) is 11.3 Å². The minimum absolute atomic E-state index is 0.0387. The smallest absolute Gasteiger partial charge is 0.272 e. The second-order valence-corrected chi connectivity index (χ2v) is 12.1. The molecular formula is C23H27N9O4S2. The highest BCUT2D eigenvalue weighted by atomic mass is 32.2. The highest BCUT2D eigenvalue weighted by molar-refractivity contribution is 7.89. The normalized spacial score (nSPS) is 13.5. The van der Waals surface area contributed by atoms with Crippen LogP contribution in [0.15, 0.2) is 36.2 Å². The van der Waals surface area contributed by atoms with Gasteiger partial charge in [-0.05, 0) is 25.3 Å². The van der Waals surface area contributed by atoms with E-state index in [-0.39, 0.29) is 31.2 Å². The first-order valence-corrected chi connectivity index (χ1v) is 14.0. The number of methoxy groups -OCH3 is 1. The molecule has 0 amide bonds. The number of carbonyl (C=O) groups is 1. The molecule has 15 heteroatoms. The Labute approximate surface area is 223 Å². The van der Waals surface area contributed by atoms with Gasteiger partial charge in [-0.2, -0.15) is 15.5 Å². The summed E-state index contributed by atoms with van der Waals surface area (Å²) in [6.07, 6.45) is 6.45. The van der Waals surface area contributed by atoms with Crippen molar-refractivity contribution in [2.75, 3.05) is 38.4 Å². The largest absolute Gasteiger partial charge is 0.375 e. The van der Waals surface area contributed by atoms with Gasteiger partial charge in [0.2, 0.25) is 16.0 Å². The van der Waals surface area contributed by atoms with E-state index < -0.39 is 15.6 Å². The Morgan fingerprint density at radius 1 is 1.29 bits per heavy atom. The molecule has 1 N–H and O–H groups in total. The molecule has 0 spiro atoms. The number of nitriles is 1. The fourth-order valence-electron chi connectivity index (χ4n) is 3.88. The number of nitrogens with one attached hydrogen (secondary N) is 1. The summed E-state index contributed by atoms with van der Waals surface area (Å²) in [5.41, 5.74) is 1.63. The van der Waals surface area contributed by atoms with Crippen LogP contribution in [0.1, 0.15) is 25.1 Å². The molecule has 0 saturated heterocycles. The number of fused-ring (bicyclic) bond motifs is 1. The molecule has 200 valence electrons. The van der Waals surface area contributed by atoms with Crippen molar-refractivity contribution in [3.8, 4) is 17.3 Å². The van der Waals surface area contributed by atoms with Gasteiger partial charge < -0.3 is 10.1 Å². The number of carbonyl (C=O) groups excluding carboxylic acids is 1. The lowest BCUT2D eigenvalue weighted by molar-refractivity contribution is 0.0745. The molecule has 4 heterocycles. The van der Waals surface area contributed by atoms with E-state index in [1.807, 2.05) is 11.4 Å². The third kappa shape index (κ3) is 5.58. The van der Waals surface area contributed by atoms with E-state index >= 15 is 0 Å². The number of hydrogen-bond donors (Lipinski definition) is 1. The number of ether oxygens (including phenoxy) is 1. The summed E-state index contributed by atoms with van der Waals surface area (Å²) in [4.78, 5) is 21.3. The molecule has 4 aromatic heterocycles. The molecule has 4 rings (SSSR count). The van der Waals surface area contributed by atoms with Crippen LogP contribution in [0.3, 0.4) is 0 Å². The van der Waals surface area contributed by atoms with Crippen molar-refractivity contribution in [2.24, 2.45) is 0 Å². The van der Waals surface area contributed by atoms with Crippen LogP contribution in [0.5, 0.6) is 0 Å². The molecule has 4 aromatic rings. The Balaban J connectivity index is 1.67. The molecule has 13 nitrogen and oxygen atoms in total. The Hall–Kier alpha value is -3.71. The topological polar surface area (TPSA) is 161 Å². The third-order valence-corrected chi connectivity index (χ3v) is 8.66. The van der Waals surface area contributed by atoms with Gasteiger partial charge in [-0.1, -0.05) is 0 Å². The van der Waals surface area contributed by atoms with Crippen molar-refractivity contribution in [3.63, 3.8) is 0 Å². The summed E-state index contributed by atoms with van der Waals surface area (Å²) in [7, 11) is -0.512. The number of likely N-dealkylation sites (N-methyl/N-ethyl adjacent to an activating group) is 1. The average Bonchev–Trinajstić information content (AvgIpc) is 3.65. The Morgan fingerprint density at radius 2 is 2.08 bits per heavy atom. The first-order valence-electron chi connectivity index (χ1n) is 11.6. The summed E-state index contributed by atoms with van der Waals surface area (Å²) < 4.78 is 34.5. The molecule has 1 atom stereocenters. The van der Waals surface area contributed by atoms with E-state index in [2.05, 4.69) is 26.6 Å². The number of nitrogens with zero attached hydrogens (tertiary/aromatic N) is 8. The maximum atomic E-state index is 12.4. The quantitative estimate of drug-likeness (QED) is 0.290. The van der Waals surface area contributed by atoms with Gasteiger partial charge in [0.05, 0.1) is 64.0 Å². The van der Waals surface area contributed by atoms with Crippen LogP contribution < -0.4 is 5.32 Å². The lowest BCUT2D eigenvalue weighted by Gasteiger charge is -2.31. The molecule has 0 saturated carbocycles. The Bertz CT molecular complexity index is 1600. The van der Waals surface area contributed by atoms with Crippen LogP contribution in [-0.4, -0.2) is 81.2 Å². The standard InChI is InChI=1S/C23H27N9O4S2/c1-5-38(34,35)30(3)15-23(2,7-8-24)32-12-16(10-26-32)20-21-18(6-9-37-21)28-22(29-20)27-17-11-25-31(13-17)19(33)14-36-4/h6,9-13H,5,7,14-15H2,1-4H3,(H,27,28,29). The van der Waals surface area contributed by atoms with E-state index in [0.29, 0.717) is 28.4 Å². The summed E-state index contributed by atoms with van der Waals surface area (Å²) in [5.74, 6) is -0.0603. The monoisotopic (exact) mass is 557 g/mol. The molecular weight excluding hydrogens is 530 g/mol. The van der Waals surface area contributed by atoms with Gasteiger partial charge in [0.25, 0.3) is 5.91 Å². The van der Waals surface area contributed by atoms with E-state index in [4.69, 9.17) is 9.72 Å². The number of hydrogen-bond acceptors (Lipinski definition) is 11. The second kappa shape index (κ2) is 11.0. The molecule has 0 radical (unpaired) electrons. The van der Waals surface area contributed by atoms with Crippen molar-refractivity contribution < 1.29 is 17.9 Å². The highest BCUT2D eigenvalue weighted by Crippen LogP contribution is 2.33. The first-order chi connectivity index (χ1) is 18.1. The molecule has 0 aromatic carbocycles. The van der Waals surface area contributed by atoms with Crippen molar-refractivity contribution in [2.45, 2.75) is 25.8 Å². The molecule has 0 fully saturated rings. The summed E-state index contributed by atoms with van der Waals surface area (Å²) in [6, 6.07) is 4.03. The molecule has 38 heavy (non-hydrogen) atoms. The van der Waals surface area contributed by atoms with Crippen molar-refractivity contribution in [3.05, 3.63) is 36.2 Å². The molecule has 0 bridgehead atoms. The fourth-order valence-corrected chi connectivity index (χ4v) is 5.63. The fraction of sp³-hybridized carbons (Fsp3) is 0.391. The summed E-state index contributed by atoms with van der Waals surface area (Å²) in [6.45, 7) is 3.35. The molecule has 0 aliphatic carbocycles. The van der Waals surface area contributed by atoms with Crippen molar-refractivity contribution >= 4 is 49.1 Å². The van der Waals surface area contributed by atoms with Gasteiger partial charge in [-0.3, -0.25) is 9.48 Å². The van der Waals surface area contributed by atoms with E-state index in [9.17, 15) is 18.5 Å². The first kappa shape index (κ1) is 27.3. The van der Waals surface area contributed by atoms with Crippen LogP contribution in [0.4, 0.5) is 11.6 Å². The van der Waals surface area contributed by atoms with E-state index in [1.54, 1.807) is 30.9 Å². The lowest BCUT2D eigenvalue weighted by Crippen LogP contribution is -2.44. The van der Waals surface area contributed by atoms with E-state index in [0.717, 1.165) is 4.70 Å². The van der Waals surface area contributed by atoms with Gasteiger partial charge in [0, 0.05) is 32.5 Å². The predicted molar refractivity (Wildman–Crippen MR) is 143 cm³/mol. The van der Waals surface area contributed by atoms with Gasteiger partial charge in [0.15, 0.2) is 0 Å². The zero-order valence-corrected chi connectivity index (χ0v) is 23.0. The molecule has 0 aliphatic rings. The molecule has 0 aliphatic heterocycles. The van der Waals surface area contributed by atoms with Crippen molar-refractivity contribution in [1.82, 2.24) is 33.8 Å². The highest BCUT2D eigenvalue weighted by Gasteiger charge is 2.33. The Morgan fingerprint density at radius 3 is 2.79 bits per heavy atom. The van der Waals surface area contributed by atoms with Gasteiger partial charge in [-0.15, -0.1) is 11.3 Å². The van der Waals surface area contributed by atoms with Crippen molar-refractivity contribution in [1.29, 1.82) is 5.26 Å². The number of aromatic nitrogens is 6. The SMILES string of the molecule is CCS(=O)(=O)N(C)CC(C)(CC#N)n1cc(-c2nc(Nc3cnn(C(=O)COC)c3)nc3ccsc23)cn1. The summed E-state index contributed by atoms with van der Waals surface area (Å²) >= 11 is 1.48. The zero-order valence-electron chi connectivity index (χ0n) is 21.3. The second-order valence-electron chi connectivity index (χ2n) is 8.82. The van der Waals surface area contributed by atoms with Crippen LogP contribution in [0.2, 0.25) is 0 Å². The third-order valence-electron chi connectivity index (χ3n) is 5.94.